The Bertz CT molecular complexity index is 669. The minimum Gasteiger partial charge on any atom is -0.380 e. The van der Waals surface area contributed by atoms with Gasteiger partial charge in [0.1, 0.15) is 5.65 Å². The third kappa shape index (κ3) is 3.54. The summed E-state index contributed by atoms with van der Waals surface area (Å²) >= 11 is 0. The summed E-state index contributed by atoms with van der Waals surface area (Å²) in [4.78, 5) is 21.3. The van der Waals surface area contributed by atoms with Gasteiger partial charge in [0.15, 0.2) is 0 Å². The summed E-state index contributed by atoms with van der Waals surface area (Å²) in [6.07, 6.45) is 5.46. The molecule has 0 radical (unpaired) electrons. The molecule has 2 aromatic rings. The monoisotopic (exact) mass is 316 g/mol. The van der Waals surface area contributed by atoms with Crippen LogP contribution < -0.4 is 0 Å². The van der Waals surface area contributed by atoms with E-state index in [2.05, 4.69) is 16.8 Å². The van der Waals surface area contributed by atoms with Crippen molar-refractivity contribution in [1.29, 1.82) is 0 Å². The zero-order chi connectivity index (χ0) is 16.2. The highest BCUT2D eigenvalue weighted by molar-refractivity contribution is 5.94. The molecule has 6 heteroatoms. The van der Waals surface area contributed by atoms with E-state index in [0.29, 0.717) is 11.6 Å². The van der Waals surface area contributed by atoms with Gasteiger partial charge < -0.3 is 14.0 Å². The summed E-state index contributed by atoms with van der Waals surface area (Å²) in [5.74, 6) is 0.0944. The van der Waals surface area contributed by atoms with Gasteiger partial charge in [0.2, 0.25) is 0 Å². The number of rotatable bonds is 5. The zero-order valence-electron chi connectivity index (χ0n) is 13.8. The lowest BCUT2D eigenvalue weighted by molar-refractivity contribution is 0.0392. The molecule has 2 aromatic heterocycles. The number of fused-ring (bicyclic) bond motifs is 1. The number of nitrogens with zero attached hydrogens (tertiary/aromatic N) is 4. The number of hydrogen-bond donors (Lipinski definition) is 0. The number of carbonyl (C=O) groups excluding carboxylic acids is 1. The molecule has 6 nitrogen and oxygen atoms in total. The second kappa shape index (κ2) is 7.10. The maximum Gasteiger partial charge on any atom is 0.255 e. The van der Waals surface area contributed by atoms with Gasteiger partial charge in [0.05, 0.1) is 12.2 Å². The predicted octanol–water partition coefficient (Wildman–Crippen LogP) is 1.52. The van der Waals surface area contributed by atoms with E-state index in [1.807, 2.05) is 40.8 Å². The number of piperazine rings is 1. The van der Waals surface area contributed by atoms with Gasteiger partial charge in [-0.25, -0.2) is 4.98 Å². The van der Waals surface area contributed by atoms with E-state index < -0.39 is 0 Å². The van der Waals surface area contributed by atoms with Crippen molar-refractivity contribution in [3.8, 4) is 0 Å². The molecule has 0 N–H and O–H groups in total. The Morgan fingerprint density at radius 1 is 1.39 bits per heavy atom. The minimum absolute atomic E-state index is 0.0944. The molecule has 0 aliphatic carbocycles. The lowest BCUT2D eigenvalue weighted by Crippen LogP contribution is -2.54. The molecule has 0 spiro atoms. The van der Waals surface area contributed by atoms with E-state index in [9.17, 15) is 4.79 Å². The molecule has 1 aliphatic rings. The predicted molar refractivity (Wildman–Crippen MR) is 88.6 cm³/mol. The van der Waals surface area contributed by atoms with E-state index in [1.54, 1.807) is 6.20 Å². The summed E-state index contributed by atoms with van der Waals surface area (Å²) in [7, 11) is 0. The molecular formula is C17H24N4O2. The molecule has 3 heterocycles. The number of amides is 1. The minimum atomic E-state index is 0.0944. The van der Waals surface area contributed by atoms with E-state index in [-0.39, 0.29) is 5.91 Å². The Morgan fingerprint density at radius 3 is 3.04 bits per heavy atom. The average molecular weight is 316 g/mol. The van der Waals surface area contributed by atoms with Crippen LogP contribution in [0, 0.1) is 0 Å². The summed E-state index contributed by atoms with van der Waals surface area (Å²) in [5, 5.41) is 0. The SMILES string of the molecule is CCOCCN1CCN(C(=O)c2ccc3nccn3c2)C[C@H]1C. The zero-order valence-corrected chi connectivity index (χ0v) is 13.8. The topological polar surface area (TPSA) is 50.1 Å². The molecule has 124 valence electrons. The molecule has 0 bridgehead atoms. The first-order valence-corrected chi connectivity index (χ1v) is 8.23. The van der Waals surface area contributed by atoms with Gasteiger partial charge in [-0.3, -0.25) is 9.69 Å². The first-order valence-electron chi connectivity index (χ1n) is 8.23. The average Bonchev–Trinajstić information content (AvgIpc) is 3.03. The third-order valence-electron chi connectivity index (χ3n) is 4.41. The maximum absolute atomic E-state index is 12.7. The molecule has 3 rings (SSSR count). The fourth-order valence-corrected chi connectivity index (χ4v) is 3.07. The normalized spacial score (nSPS) is 19.4. The number of ether oxygens (including phenoxy) is 1. The lowest BCUT2D eigenvalue weighted by atomic mass is 10.1. The Kier molecular flexibility index (Phi) is 4.93. The lowest BCUT2D eigenvalue weighted by Gasteiger charge is -2.39. The van der Waals surface area contributed by atoms with Gasteiger partial charge in [0, 0.05) is 57.4 Å². The summed E-state index contributed by atoms with van der Waals surface area (Å²) < 4.78 is 7.31. The van der Waals surface area contributed by atoms with E-state index >= 15 is 0 Å². The van der Waals surface area contributed by atoms with E-state index in [1.165, 1.54) is 0 Å². The highest BCUT2D eigenvalue weighted by Gasteiger charge is 2.27. The number of carbonyl (C=O) groups is 1. The van der Waals surface area contributed by atoms with Crippen LogP contribution in [-0.2, 0) is 4.74 Å². The first kappa shape index (κ1) is 16.0. The molecular weight excluding hydrogens is 292 g/mol. The molecule has 1 amide bonds. The van der Waals surface area contributed by atoms with Crippen molar-refractivity contribution in [2.24, 2.45) is 0 Å². The molecule has 23 heavy (non-hydrogen) atoms. The van der Waals surface area contributed by atoms with Crippen molar-refractivity contribution in [2.45, 2.75) is 19.9 Å². The van der Waals surface area contributed by atoms with Crippen molar-refractivity contribution >= 4 is 11.6 Å². The van der Waals surface area contributed by atoms with Gasteiger partial charge in [-0.1, -0.05) is 0 Å². The smallest absolute Gasteiger partial charge is 0.255 e. The molecule has 1 saturated heterocycles. The summed E-state index contributed by atoms with van der Waals surface area (Å²) in [6.45, 7) is 9.03. The van der Waals surface area contributed by atoms with E-state index in [4.69, 9.17) is 4.74 Å². The third-order valence-corrected chi connectivity index (χ3v) is 4.41. The van der Waals surface area contributed by atoms with Gasteiger partial charge in [-0.05, 0) is 26.0 Å². The Morgan fingerprint density at radius 2 is 2.26 bits per heavy atom. The van der Waals surface area contributed by atoms with Crippen LogP contribution >= 0.6 is 0 Å². The van der Waals surface area contributed by atoms with Crippen molar-refractivity contribution < 1.29 is 9.53 Å². The fraction of sp³-hybridized carbons (Fsp3) is 0.529. The second-order valence-electron chi connectivity index (χ2n) is 5.94. The summed E-state index contributed by atoms with van der Waals surface area (Å²) in [6, 6.07) is 4.09. The van der Waals surface area contributed by atoms with Crippen molar-refractivity contribution in [1.82, 2.24) is 19.2 Å². The van der Waals surface area contributed by atoms with E-state index in [0.717, 1.165) is 45.0 Å². The second-order valence-corrected chi connectivity index (χ2v) is 5.94. The molecule has 1 aliphatic heterocycles. The molecule has 1 fully saturated rings. The molecule has 0 saturated carbocycles. The van der Waals surface area contributed by atoms with Crippen LogP contribution in [-0.4, -0.2) is 70.5 Å². The first-order chi connectivity index (χ1) is 11.2. The number of aromatic nitrogens is 2. The van der Waals surface area contributed by atoms with Gasteiger partial charge in [-0.2, -0.15) is 0 Å². The Labute approximate surface area is 136 Å². The summed E-state index contributed by atoms with van der Waals surface area (Å²) in [5.41, 5.74) is 1.57. The number of pyridine rings is 1. The van der Waals surface area contributed by atoms with Crippen LogP contribution in [0.3, 0.4) is 0 Å². The van der Waals surface area contributed by atoms with Gasteiger partial charge >= 0.3 is 0 Å². The van der Waals surface area contributed by atoms with Gasteiger partial charge in [0.25, 0.3) is 5.91 Å². The highest BCUT2D eigenvalue weighted by atomic mass is 16.5. The highest BCUT2D eigenvalue weighted by Crippen LogP contribution is 2.14. The molecule has 0 aromatic carbocycles. The van der Waals surface area contributed by atoms with Crippen LogP contribution in [0.5, 0.6) is 0 Å². The van der Waals surface area contributed by atoms with Crippen LogP contribution in [0.4, 0.5) is 0 Å². The van der Waals surface area contributed by atoms with Crippen molar-refractivity contribution in [3.63, 3.8) is 0 Å². The fourth-order valence-electron chi connectivity index (χ4n) is 3.07. The van der Waals surface area contributed by atoms with Crippen molar-refractivity contribution in [2.75, 3.05) is 39.4 Å². The van der Waals surface area contributed by atoms with Gasteiger partial charge in [-0.15, -0.1) is 0 Å². The maximum atomic E-state index is 12.7. The molecule has 0 unspecified atom stereocenters. The Hall–Kier alpha value is -1.92. The van der Waals surface area contributed by atoms with Crippen LogP contribution in [0.2, 0.25) is 0 Å². The number of imidazole rings is 1. The molecule has 1 atom stereocenters. The standard InChI is InChI=1S/C17H24N4O2/c1-3-23-11-10-19-8-9-21(12-14(19)2)17(22)15-4-5-16-18-6-7-20(16)13-15/h4-7,13-14H,3,8-12H2,1-2H3/t14-/m1/s1. The Balaban J connectivity index is 1.62. The van der Waals surface area contributed by atoms with Crippen LogP contribution in [0.1, 0.15) is 24.2 Å². The van der Waals surface area contributed by atoms with Crippen LogP contribution in [0.15, 0.2) is 30.7 Å². The van der Waals surface area contributed by atoms with Crippen LogP contribution in [0.25, 0.3) is 5.65 Å². The number of hydrogen-bond acceptors (Lipinski definition) is 4. The van der Waals surface area contributed by atoms with Crippen molar-refractivity contribution in [3.05, 3.63) is 36.3 Å². The largest absolute Gasteiger partial charge is 0.380 e. The quantitative estimate of drug-likeness (QED) is 0.785.